The molecule has 3 fully saturated rings. The minimum absolute atomic E-state index is 0.100. The van der Waals surface area contributed by atoms with Crippen LogP contribution in [0.3, 0.4) is 0 Å². The third-order valence-electron chi connectivity index (χ3n) is 9.11. The minimum atomic E-state index is -1.41. The first kappa shape index (κ1) is 18.4. The second kappa shape index (κ2) is 5.75. The lowest BCUT2D eigenvalue weighted by molar-refractivity contribution is -0.170. The van der Waals surface area contributed by atoms with Crippen LogP contribution in [-0.4, -0.2) is 34.0 Å². The van der Waals surface area contributed by atoms with E-state index in [9.17, 15) is 19.8 Å². The SMILES string of the molecule is C[C@@H]1C[C@H]2[C@@H]3CCC4=CC(=O)CC[C@]4(C)[C@H]3CC[C@]2(C)[C@@]1(O)C(=O)CO. The second-order valence-corrected chi connectivity index (χ2v) is 9.91. The Kier molecular flexibility index (Phi) is 4.06. The van der Waals surface area contributed by atoms with Gasteiger partial charge in [0.2, 0.25) is 0 Å². The van der Waals surface area contributed by atoms with E-state index in [1.54, 1.807) is 0 Å². The summed E-state index contributed by atoms with van der Waals surface area (Å²) in [4.78, 5) is 24.5. The summed E-state index contributed by atoms with van der Waals surface area (Å²) in [6.45, 7) is 5.82. The third-order valence-corrected chi connectivity index (χ3v) is 9.11. The van der Waals surface area contributed by atoms with Crippen LogP contribution in [0.4, 0.5) is 0 Å². The Morgan fingerprint density at radius 3 is 2.62 bits per heavy atom. The number of allylic oxidation sites excluding steroid dienone is 1. The van der Waals surface area contributed by atoms with Gasteiger partial charge < -0.3 is 10.2 Å². The van der Waals surface area contributed by atoms with Crippen molar-refractivity contribution in [3.63, 3.8) is 0 Å². The summed E-state index contributed by atoms with van der Waals surface area (Å²) in [5, 5.41) is 20.9. The monoisotopic (exact) mass is 360 g/mol. The number of Topliss-reactive ketones (excluding diaryl/α,β-unsaturated/α-hetero) is 1. The van der Waals surface area contributed by atoms with Crippen LogP contribution < -0.4 is 0 Å². The fourth-order valence-electron chi connectivity index (χ4n) is 7.62. The molecular weight excluding hydrogens is 328 g/mol. The molecule has 4 aliphatic carbocycles. The van der Waals surface area contributed by atoms with Crippen LogP contribution >= 0.6 is 0 Å². The normalized spacial score (nSPS) is 50.5. The van der Waals surface area contributed by atoms with Gasteiger partial charge in [0.25, 0.3) is 0 Å². The van der Waals surface area contributed by atoms with Gasteiger partial charge >= 0.3 is 0 Å². The molecule has 0 aromatic heterocycles. The molecule has 0 unspecified atom stereocenters. The molecule has 4 heteroatoms. The van der Waals surface area contributed by atoms with Crippen molar-refractivity contribution in [2.75, 3.05) is 6.61 Å². The number of aliphatic hydroxyl groups is 2. The summed E-state index contributed by atoms with van der Waals surface area (Å²) >= 11 is 0. The second-order valence-electron chi connectivity index (χ2n) is 9.91. The number of rotatable bonds is 2. The number of hydrogen-bond acceptors (Lipinski definition) is 4. The van der Waals surface area contributed by atoms with E-state index in [1.165, 1.54) is 5.57 Å². The molecule has 0 heterocycles. The summed E-state index contributed by atoms with van der Waals surface area (Å²) < 4.78 is 0. The number of aliphatic hydroxyl groups excluding tert-OH is 1. The highest BCUT2D eigenvalue weighted by Crippen LogP contribution is 2.68. The number of carbonyl (C=O) groups excluding carboxylic acids is 2. The number of fused-ring (bicyclic) bond motifs is 5. The van der Waals surface area contributed by atoms with Crippen LogP contribution in [0.5, 0.6) is 0 Å². The van der Waals surface area contributed by atoms with Crippen molar-refractivity contribution in [3.05, 3.63) is 11.6 Å². The largest absolute Gasteiger partial charge is 0.388 e. The first-order chi connectivity index (χ1) is 12.2. The zero-order valence-electron chi connectivity index (χ0n) is 16.3. The zero-order valence-corrected chi connectivity index (χ0v) is 16.3. The first-order valence-electron chi connectivity index (χ1n) is 10.3. The maximum Gasteiger partial charge on any atom is 0.190 e. The molecule has 0 amide bonds. The first-order valence-corrected chi connectivity index (χ1v) is 10.3. The Morgan fingerprint density at radius 1 is 1.19 bits per heavy atom. The Balaban J connectivity index is 1.71. The number of hydrogen-bond donors (Lipinski definition) is 2. The molecule has 0 aromatic carbocycles. The van der Waals surface area contributed by atoms with Gasteiger partial charge in [-0.25, -0.2) is 0 Å². The van der Waals surface area contributed by atoms with Gasteiger partial charge in [-0.2, -0.15) is 0 Å². The van der Waals surface area contributed by atoms with Crippen molar-refractivity contribution < 1.29 is 19.8 Å². The predicted molar refractivity (Wildman–Crippen MR) is 98.3 cm³/mol. The van der Waals surface area contributed by atoms with E-state index in [1.807, 2.05) is 13.0 Å². The standard InChI is InChI=1S/C22H32O4/c1-13-10-18-16-5-4-14-11-15(24)6-8-20(14,2)17(16)7-9-21(18,3)22(13,26)19(25)12-23/h11,13,16-18,23,26H,4-10,12H2,1-3H3/t13-,16-,17+,18+,20+,21+,22+/m1/s1. The molecule has 4 nitrogen and oxygen atoms in total. The Bertz CT molecular complexity index is 682. The fraction of sp³-hybridized carbons (Fsp3) is 0.818. The molecule has 4 rings (SSSR count). The predicted octanol–water partition coefficient (Wildman–Crippen LogP) is 3.06. The smallest absolute Gasteiger partial charge is 0.190 e. The van der Waals surface area contributed by atoms with Gasteiger partial charge in [0, 0.05) is 11.8 Å². The molecule has 3 saturated carbocycles. The Labute approximate surface area is 156 Å². The lowest BCUT2D eigenvalue weighted by atomic mass is 9.46. The Morgan fingerprint density at radius 2 is 1.92 bits per heavy atom. The highest BCUT2D eigenvalue weighted by molar-refractivity contribution is 5.91. The van der Waals surface area contributed by atoms with E-state index in [0.717, 1.165) is 38.5 Å². The maximum absolute atomic E-state index is 12.5. The highest BCUT2D eigenvalue weighted by Gasteiger charge is 2.68. The van der Waals surface area contributed by atoms with Gasteiger partial charge in [-0.05, 0) is 73.7 Å². The molecule has 4 aliphatic rings. The molecule has 0 aromatic rings. The summed E-state index contributed by atoms with van der Waals surface area (Å²) in [7, 11) is 0. The highest BCUT2D eigenvalue weighted by atomic mass is 16.3. The van der Waals surface area contributed by atoms with E-state index >= 15 is 0 Å². The molecular formula is C22H32O4. The molecule has 144 valence electrons. The van der Waals surface area contributed by atoms with Gasteiger partial charge in [0.15, 0.2) is 11.6 Å². The van der Waals surface area contributed by atoms with E-state index in [4.69, 9.17) is 0 Å². The van der Waals surface area contributed by atoms with Crippen molar-refractivity contribution in [2.24, 2.45) is 34.5 Å². The summed E-state index contributed by atoms with van der Waals surface area (Å²) in [6, 6.07) is 0. The average molecular weight is 360 g/mol. The Hall–Kier alpha value is -1.00. The molecule has 0 bridgehead atoms. The molecule has 0 spiro atoms. The lowest BCUT2D eigenvalue weighted by Gasteiger charge is -2.59. The van der Waals surface area contributed by atoms with Gasteiger partial charge in [-0.1, -0.05) is 26.3 Å². The van der Waals surface area contributed by atoms with Gasteiger partial charge in [-0.15, -0.1) is 0 Å². The molecule has 0 aliphatic heterocycles. The van der Waals surface area contributed by atoms with Crippen molar-refractivity contribution >= 4 is 11.6 Å². The van der Waals surface area contributed by atoms with Crippen LogP contribution in [0.1, 0.15) is 65.7 Å². The van der Waals surface area contributed by atoms with Crippen molar-refractivity contribution in [1.82, 2.24) is 0 Å². The van der Waals surface area contributed by atoms with E-state index in [-0.39, 0.29) is 17.1 Å². The fourth-order valence-corrected chi connectivity index (χ4v) is 7.62. The lowest BCUT2D eigenvalue weighted by Crippen LogP contribution is -2.59. The van der Waals surface area contributed by atoms with E-state index in [2.05, 4.69) is 13.8 Å². The summed E-state index contributed by atoms with van der Waals surface area (Å²) in [6.07, 6.45) is 8.19. The van der Waals surface area contributed by atoms with Crippen LogP contribution in [0.25, 0.3) is 0 Å². The maximum atomic E-state index is 12.5. The summed E-state index contributed by atoms with van der Waals surface area (Å²) in [5.41, 5.74) is -0.415. The molecule has 0 saturated heterocycles. The average Bonchev–Trinajstić information content (AvgIpc) is 2.83. The van der Waals surface area contributed by atoms with Crippen LogP contribution in [0.2, 0.25) is 0 Å². The molecule has 7 atom stereocenters. The number of ketones is 2. The zero-order chi connectivity index (χ0) is 18.9. The van der Waals surface area contributed by atoms with Crippen molar-refractivity contribution in [1.29, 1.82) is 0 Å². The van der Waals surface area contributed by atoms with Gasteiger partial charge in [0.05, 0.1) is 0 Å². The van der Waals surface area contributed by atoms with Crippen LogP contribution in [0.15, 0.2) is 11.6 Å². The molecule has 26 heavy (non-hydrogen) atoms. The van der Waals surface area contributed by atoms with E-state index in [0.29, 0.717) is 24.2 Å². The number of carbonyl (C=O) groups is 2. The minimum Gasteiger partial charge on any atom is -0.388 e. The summed E-state index contributed by atoms with van der Waals surface area (Å²) in [5.74, 6) is 1.09. The topological polar surface area (TPSA) is 74.6 Å². The van der Waals surface area contributed by atoms with Gasteiger partial charge in [-0.3, -0.25) is 9.59 Å². The van der Waals surface area contributed by atoms with E-state index < -0.39 is 23.4 Å². The van der Waals surface area contributed by atoms with Crippen LogP contribution in [0, 0.1) is 34.5 Å². The van der Waals surface area contributed by atoms with Crippen molar-refractivity contribution in [3.8, 4) is 0 Å². The molecule has 2 N–H and O–H groups in total. The molecule has 0 radical (unpaired) electrons. The van der Waals surface area contributed by atoms with Gasteiger partial charge in [0.1, 0.15) is 12.2 Å². The quantitative estimate of drug-likeness (QED) is 0.794. The van der Waals surface area contributed by atoms with Crippen LogP contribution in [-0.2, 0) is 9.59 Å². The third kappa shape index (κ3) is 2.09. The van der Waals surface area contributed by atoms with Crippen molar-refractivity contribution in [2.45, 2.75) is 71.3 Å².